The van der Waals surface area contributed by atoms with Gasteiger partial charge in [0.15, 0.2) is 42.4 Å². The van der Waals surface area contributed by atoms with Crippen molar-refractivity contribution in [1.82, 2.24) is 0 Å². The Morgan fingerprint density at radius 3 is 2.29 bits per heavy atom. The predicted octanol–water partition coefficient (Wildman–Crippen LogP) is -0.185. The van der Waals surface area contributed by atoms with Gasteiger partial charge in [0.1, 0.15) is 24.4 Å². The van der Waals surface area contributed by atoms with Crippen molar-refractivity contribution < 1.29 is 81.3 Å². The predicted molar refractivity (Wildman–Crippen MR) is 151 cm³/mol. The van der Waals surface area contributed by atoms with Gasteiger partial charge in [-0.1, -0.05) is 0 Å². The minimum Gasteiger partial charge on any atom is -0.790 e. The van der Waals surface area contributed by atoms with Crippen LogP contribution in [0.2, 0.25) is 0 Å². The standard InChI is InChI=1S/C30H35O17P/c1-12-39-9-21-28(45-12)24(31)25(32)30(46-21)47-26-15-7-18-17(41-10-42-18)6-14(15)22(23-16(26)8-40-29(23)33)13-4-19(37-2)27(20(5-13)38-3)43-11-44-48(34,35)36/h4-7,12,16,21-26,28,30-32H,8-11H2,1-3H3,(H2,34,35,36)/p-2/t12?,16-,21+,22+,23-,24?,25?,26?,28?,30?/m0/s1. The van der Waals surface area contributed by atoms with Gasteiger partial charge in [-0.15, -0.1) is 0 Å². The highest BCUT2D eigenvalue weighted by molar-refractivity contribution is 7.43. The molecule has 0 spiro atoms. The van der Waals surface area contributed by atoms with Crippen LogP contribution in [0.25, 0.3) is 0 Å². The molecule has 3 saturated heterocycles. The van der Waals surface area contributed by atoms with E-state index in [1.165, 1.54) is 14.2 Å². The fraction of sp³-hybridized carbons (Fsp3) is 0.567. The molecule has 7 rings (SSSR count). The van der Waals surface area contributed by atoms with Gasteiger partial charge in [0.05, 0.1) is 47.3 Å². The lowest BCUT2D eigenvalue weighted by Crippen LogP contribution is -2.63. The number of cyclic esters (lactones) is 1. The number of carbonyl (C=O) groups is 1. The summed E-state index contributed by atoms with van der Waals surface area (Å²) in [6, 6.07) is 6.66. The zero-order valence-corrected chi connectivity index (χ0v) is 26.8. The summed E-state index contributed by atoms with van der Waals surface area (Å²) in [6.07, 6.45) is -7.20. The maximum Gasteiger partial charge on any atom is 0.310 e. The second-order valence-electron chi connectivity index (χ2n) is 11.8. The van der Waals surface area contributed by atoms with Gasteiger partial charge in [0, 0.05) is 11.8 Å². The van der Waals surface area contributed by atoms with Crippen LogP contribution in [0.4, 0.5) is 0 Å². The van der Waals surface area contributed by atoms with E-state index in [9.17, 15) is 29.4 Å². The van der Waals surface area contributed by atoms with Crippen molar-refractivity contribution in [1.29, 1.82) is 0 Å². The third kappa shape index (κ3) is 5.98. The summed E-state index contributed by atoms with van der Waals surface area (Å²) in [5, 5.41) is 22.1. The molecule has 4 aliphatic heterocycles. The van der Waals surface area contributed by atoms with E-state index in [1.807, 2.05) is 0 Å². The molecule has 262 valence electrons. The third-order valence-electron chi connectivity index (χ3n) is 9.14. The number of phosphoric ester groups is 1. The molecule has 2 N–H and O–H groups in total. The minimum absolute atomic E-state index is 0.0308. The van der Waals surface area contributed by atoms with E-state index in [4.69, 9.17) is 47.4 Å². The van der Waals surface area contributed by atoms with E-state index in [1.54, 1.807) is 31.2 Å². The third-order valence-corrected chi connectivity index (χ3v) is 9.56. The molecule has 4 heterocycles. The summed E-state index contributed by atoms with van der Waals surface area (Å²) in [7, 11) is -2.63. The van der Waals surface area contributed by atoms with E-state index >= 15 is 0 Å². The molecular weight excluding hydrogens is 663 g/mol. The van der Waals surface area contributed by atoms with Crippen LogP contribution < -0.4 is 33.5 Å². The molecule has 2 aromatic rings. The lowest BCUT2D eigenvalue weighted by atomic mass is 9.66. The number of hydrogen-bond donors (Lipinski definition) is 2. The first-order chi connectivity index (χ1) is 23.0. The molecule has 0 aromatic heterocycles. The van der Waals surface area contributed by atoms with Gasteiger partial charge in [-0.25, -0.2) is 0 Å². The lowest BCUT2D eigenvalue weighted by molar-refractivity contribution is -0.364. The van der Waals surface area contributed by atoms with Crippen LogP contribution in [0.3, 0.4) is 0 Å². The first kappa shape index (κ1) is 33.3. The number of hydrogen-bond acceptors (Lipinski definition) is 17. The van der Waals surface area contributed by atoms with Crippen molar-refractivity contribution in [2.45, 2.75) is 55.9 Å². The van der Waals surface area contributed by atoms with E-state index in [2.05, 4.69) is 4.52 Å². The Morgan fingerprint density at radius 1 is 0.938 bits per heavy atom. The van der Waals surface area contributed by atoms with Crippen LogP contribution in [-0.2, 0) is 37.6 Å². The highest BCUT2D eigenvalue weighted by atomic mass is 31.2. The zero-order valence-electron chi connectivity index (χ0n) is 25.9. The Labute approximate surface area is 273 Å². The van der Waals surface area contributed by atoms with Crippen LogP contribution in [0, 0.1) is 11.8 Å². The number of rotatable bonds is 9. The fourth-order valence-electron chi connectivity index (χ4n) is 7.01. The van der Waals surface area contributed by atoms with Gasteiger partial charge >= 0.3 is 5.97 Å². The van der Waals surface area contributed by atoms with Gasteiger partial charge in [0.25, 0.3) is 0 Å². The molecule has 2 aromatic carbocycles. The van der Waals surface area contributed by atoms with Crippen LogP contribution in [0.5, 0.6) is 28.7 Å². The van der Waals surface area contributed by atoms with E-state index in [0.29, 0.717) is 28.2 Å². The monoisotopic (exact) mass is 696 g/mol. The number of fused-ring (bicyclic) bond motifs is 4. The molecule has 0 saturated carbocycles. The number of benzene rings is 2. The van der Waals surface area contributed by atoms with Crippen molar-refractivity contribution in [2.75, 3.05) is 41.0 Å². The maximum absolute atomic E-state index is 13.5. The summed E-state index contributed by atoms with van der Waals surface area (Å²) in [4.78, 5) is 35.5. The van der Waals surface area contributed by atoms with Crippen LogP contribution in [0.15, 0.2) is 24.3 Å². The molecule has 1 aliphatic carbocycles. The van der Waals surface area contributed by atoms with Gasteiger partial charge in [-0.05, 0) is 47.9 Å². The maximum atomic E-state index is 13.5. The first-order valence-corrected chi connectivity index (χ1v) is 16.5. The first-order valence-electron chi connectivity index (χ1n) is 15.1. The fourth-order valence-corrected chi connectivity index (χ4v) is 7.20. The summed E-state index contributed by atoms with van der Waals surface area (Å²) >= 11 is 0. The summed E-state index contributed by atoms with van der Waals surface area (Å²) in [5.74, 6) is -1.64. The summed E-state index contributed by atoms with van der Waals surface area (Å²) < 4.78 is 72.4. The van der Waals surface area contributed by atoms with Gasteiger partial charge < -0.3 is 76.5 Å². The number of phosphoric acid groups is 1. The molecule has 5 aliphatic rings. The quantitative estimate of drug-likeness (QED) is 0.197. The SMILES string of the molecule is COc1cc([C@@H]2c3cc4c(cc3C(OC3O[C@@H]5COC(C)OC5C(O)C3O)[C@H]3COC(=O)[C@H]23)OCO4)cc(OC)c1OCOP(=O)([O-])[O-]. The molecule has 18 heteroatoms. The molecule has 3 fully saturated rings. The summed E-state index contributed by atoms with van der Waals surface area (Å²) in [6.45, 7) is 0.795. The normalized spacial score (nSPS) is 33.7. The molecule has 17 nitrogen and oxygen atoms in total. The van der Waals surface area contributed by atoms with Crippen molar-refractivity contribution in [2.24, 2.45) is 11.8 Å². The smallest absolute Gasteiger partial charge is 0.310 e. The number of aliphatic hydroxyl groups is 2. The van der Waals surface area contributed by atoms with Gasteiger partial charge in [-0.3, -0.25) is 4.79 Å². The topological polar surface area (TPSA) is 222 Å². The number of methoxy groups -OCH3 is 2. The van der Waals surface area contributed by atoms with Crippen LogP contribution >= 0.6 is 7.82 Å². The zero-order chi connectivity index (χ0) is 33.9. The number of esters is 1. The average Bonchev–Trinajstić information content (AvgIpc) is 3.68. The Balaban J connectivity index is 1.28. The molecule has 0 amide bonds. The largest absolute Gasteiger partial charge is 0.790 e. The number of ether oxygens (including phenoxy) is 10. The van der Waals surface area contributed by atoms with Crippen molar-refractivity contribution >= 4 is 13.8 Å². The van der Waals surface area contributed by atoms with E-state index < -0.39 is 81.4 Å². The minimum atomic E-state index is -5.32. The summed E-state index contributed by atoms with van der Waals surface area (Å²) in [5.41, 5.74) is 1.72. The van der Waals surface area contributed by atoms with Crippen molar-refractivity contribution in [3.05, 3.63) is 41.0 Å². The lowest BCUT2D eigenvalue weighted by Gasteiger charge is -2.47. The second kappa shape index (κ2) is 12.9. The van der Waals surface area contributed by atoms with Gasteiger partial charge in [-0.2, -0.15) is 0 Å². The highest BCUT2D eigenvalue weighted by Gasteiger charge is 2.56. The molecule has 10 atom stereocenters. The van der Waals surface area contributed by atoms with E-state index in [-0.39, 0.29) is 37.3 Å². The molecule has 0 radical (unpaired) electrons. The molecule has 6 unspecified atom stereocenters. The molecular formula is C30H33O17P-2. The van der Waals surface area contributed by atoms with Crippen molar-refractivity contribution in [3.63, 3.8) is 0 Å². The molecule has 48 heavy (non-hydrogen) atoms. The van der Waals surface area contributed by atoms with Crippen LogP contribution in [-0.4, -0.2) is 94.2 Å². The number of aliphatic hydroxyl groups excluding tert-OH is 2. The Kier molecular flexibility index (Phi) is 8.95. The van der Waals surface area contributed by atoms with E-state index in [0.717, 1.165) is 0 Å². The molecule has 0 bridgehead atoms. The van der Waals surface area contributed by atoms with Gasteiger partial charge in [0.2, 0.25) is 12.5 Å². The second-order valence-corrected chi connectivity index (χ2v) is 13.0. The highest BCUT2D eigenvalue weighted by Crippen LogP contribution is 2.57. The Hall–Kier alpha value is -3.22. The van der Waals surface area contributed by atoms with Crippen molar-refractivity contribution in [3.8, 4) is 28.7 Å². The number of carbonyl (C=O) groups excluding carboxylic acids is 1. The Morgan fingerprint density at radius 2 is 1.62 bits per heavy atom. The Bertz CT molecular complexity index is 1570. The average molecular weight is 697 g/mol. The van der Waals surface area contributed by atoms with Crippen LogP contribution in [0.1, 0.15) is 35.6 Å².